The molecule has 2 aliphatic heterocycles. The molecule has 3 aliphatic rings. The fourth-order valence-corrected chi connectivity index (χ4v) is 5.26. The number of hydrogen-bond donors (Lipinski definition) is 2. The van der Waals surface area contributed by atoms with Crippen molar-refractivity contribution in [3.8, 4) is 0 Å². The summed E-state index contributed by atoms with van der Waals surface area (Å²) >= 11 is 0. The van der Waals surface area contributed by atoms with Crippen LogP contribution < -0.4 is 15.5 Å². The van der Waals surface area contributed by atoms with Crippen LogP contribution in [0.4, 0.5) is 16.4 Å². The van der Waals surface area contributed by atoms with E-state index in [2.05, 4.69) is 25.5 Å². The highest BCUT2D eigenvalue weighted by Gasteiger charge is 2.54. The van der Waals surface area contributed by atoms with Crippen molar-refractivity contribution in [3.05, 3.63) is 48.3 Å². The summed E-state index contributed by atoms with van der Waals surface area (Å²) in [6, 6.07) is 9.51. The zero-order valence-corrected chi connectivity index (χ0v) is 19.2. The number of carbonyl (C=O) groups is 2. The average Bonchev–Trinajstić information content (AvgIpc) is 3.61. The molecule has 8 nitrogen and oxygen atoms in total. The van der Waals surface area contributed by atoms with Gasteiger partial charge in [0.2, 0.25) is 11.9 Å². The van der Waals surface area contributed by atoms with Crippen LogP contribution in [0.15, 0.2) is 42.7 Å². The van der Waals surface area contributed by atoms with Gasteiger partial charge in [-0.05, 0) is 62.3 Å². The highest BCUT2D eigenvalue weighted by atomic mass is 16.2. The van der Waals surface area contributed by atoms with Gasteiger partial charge in [0, 0.05) is 56.7 Å². The molecule has 3 fully saturated rings. The molecule has 2 N–H and O–H groups in total. The maximum atomic E-state index is 13.6. The lowest BCUT2D eigenvalue weighted by Gasteiger charge is -2.32. The van der Waals surface area contributed by atoms with E-state index in [1.807, 2.05) is 36.1 Å². The molecular weight excluding hydrogens is 416 g/mol. The molecule has 1 aliphatic carbocycles. The Hall–Kier alpha value is -3.16. The summed E-state index contributed by atoms with van der Waals surface area (Å²) in [5, 5.41) is 6.28. The van der Waals surface area contributed by atoms with Gasteiger partial charge in [-0.1, -0.05) is 12.1 Å². The fourth-order valence-electron chi connectivity index (χ4n) is 5.26. The lowest BCUT2D eigenvalue weighted by molar-refractivity contribution is -0.132. The molecule has 174 valence electrons. The Morgan fingerprint density at radius 1 is 1.15 bits per heavy atom. The summed E-state index contributed by atoms with van der Waals surface area (Å²) in [6.45, 7) is 5.20. The lowest BCUT2D eigenvalue weighted by atomic mass is 9.74. The molecule has 2 atom stereocenters. The summed E-state index contributed by atoms with van der Waals surface area (Å²) in [7, 11) is 0. The van der Waals surface area contributed by atoms with E-state index in [1.165, 1.54) is 12.8 Å². The van der Waals surface area contributed by atoms with Crippen molar-refractivity contribution in [2.45, 2.75) is 32.6 Å². The topological polar surface area (TPSA) is 90.5 Å². The van der Waals surface area contributed by atoms with E-state index < -0.39 is 5.41 Å². The van der Waals surface area contributed by atoms with Crippen LogP contribution in [-0.4, -0.2) is 59.5 Å². The predicted molar refractivity (Wildman–Crippen MR) is 127 cm³/mol. The molecule has 2 aromatic rings. The number of fused-ring (bicyclic) bond motifs is 1. The van der Waals surface area contributed by atoms with E-state index in [4.69, 9.17) is 0 Å². The number of rotatable bonds is 5. The molecule has 8 heteroatoms. The Bertz CT molecular complexity index is 1010. The standard InChI is InChI=1S/C25H32N6O2/c1-18-5-2-6-21(13-18)29-24(33)30-12-3-9-25(22(32)28-14-19-7-8-19)17-31(16-20(25)15-30)23-26-10-4-11-27-23/h2,4-6,10-11,13,19-20H,3,7-9,12,14-17H2,1H3,(H,28,32)(H,29,33)/t20-,25-/m1/s1. The van der Waals surface area contributed by atoms with Crippen LogP contribution in [0.3, 0.4) is 0 Å². The zero-order valence-electron chi connectivity index (χ0n) is 19.2. The summed E-state index contributed by atoms with van der Waals surface area (Å²) in [4.78, 5) is 39.6. The van der Waals surface area contributed by atoms with E-state index in [-0.39, 0.29) is 17.9 Å². The van der Waals surface area contributed by atoms with E-state index >= 15 is 0 Å². The number of amides is 3. The van der Waals surface area contributed by atoms with Gasteiger partial charge in [0.1, 0.15) is 0 Å². The minimum atomic E-state index is -0.535. The minimum Gasteiger partial charge on any atom is -0.355 e. The van der Waals surface area contributed by atoms with E-state index in [0.717, 1.165) is 30.6 Å². The van der Waals surface area contributed by atoms with Crippen LogP contribution in [0.25, 0.3) is 0 Å². The smallest absolute Gasteiger partial charge is 0.321 e. The Kier molecular flexibility index (Phi) is 5.91. The van der Waals surface area contributed by atoms with Gasteiger partial charge in [0.05, 0.1) is 5.41 Å². The van der Waals surface area contributed by atoms with Crippen LogP contribution in [0.5, 0.6) is 0 Å². The molecule has 3 amide bonds. The van der Waals surface area contributed by atoms with E-state index in [1.54, 1.807) is 18.5 Å². The van der Waals surface area contributed by atoms with E-state index in [9.17, 15) is 9.59 Å². The molecule has 2 saturated heterocycles. The number of nitrogens with one attached hydrogen (secondary N) is 2. The number of urea groups is 1. The first-order chi connectivity index (χ1) is 16.0. The van der Waals surface area contributed by atoms with Crippen molar-refractivity contribution in [2.75, 3.05) is 42.9 Å². The maximum Gasteiger partial charge on any atom is 0.321 e. The van der Waals surface area contributed by atoms with Crippen molar-refractivity contribution >= 4 is 23.6 Å². The van der Waals surface area contributed by atoms with E-state index in [0.29, 0.717) is 38.0 Å². The van der Waals surface area contributed by atoms with Gasteiger partial charge < -0.3 is 20.4 Å². The number of benzene rings is 1. The molecule has 0 unspecified atom stereocenters. The monoisotopic (exact) mass is 448 g/mol. The highest BCUT2D eigenvalue weighted by molar-refractivity contribution is 5.90. The first-order valence-electron chi connectivity index (χ1n) is 12.0. The molecule has 0 bridgehead atoms. The van der Waals surface area contributed by atoms with Gasteiger partial charge in [-0.15, -0.1) is 0 Å². The average molecular weight is 449 g/mol. The SMILES string of the molecule is Cc1cccc(NC(=O)N2CCC[C@@]3(C(=O)NCC4CC4)CN(c4ncccn4)C[C@H]3C2)c1. The van der Waals surface area contributed by atoms with Gasteiger partial charge in [-0.25, -0.2) is 14.8 Å². The molecule has 0 spiro atoms. The van der Waals surface area contributed by atoms with Crippen LogP contribution in [0.2, 0.25) is 0 Å². The lowest BCUT2D eigenvalue weighted by Crippen LogP contribution is -2.49. The predicted octanol–water partition coefficient (Wildman–Crippen LogP) is 3.06. The van der Waals surface area contributed by atoms with Crippen molar-refractivity contribution in [1.29, 1.82) is 0 Å². The summed E-state index contributed by atoms with van der Waals surface area (Å²) < 4.78 is 0. The summed E-state index contributed by atoms with van der Waals surface area (Å²) in [6.07, 6.45) is 7.42. The molecule has 1 aromatic carbocycles. The van der Waals surface area contributed by atoms with Crippen LogP contribution in [-0.2, 0) is 4.79 Å². The molecule has 1 saturated carbocycles. The largest absolute Gasteiger partial charge is 0.355 e. The number of aromatic nitrogens is 2. The Labute approximate surface area is 194 Å². The van der Waals surface area contributed by atoms with Crippen LogP contribution >= 0.6 is 0 Å². The fraction of sp³-hybridized carbons (Fsp3) is 0.520. The Balaban J connectivity index is 1.35. The molecular formula is C25H32N6O2. The molecule has 1 aromatic heterocycles. The quantitative estimate of drug-likeness (QED) is 0.734. The van der Waals surface area contributed by atoms with Crippen molar-refractivity contribution in [3.63, 3.8) is 0 Å². The van der Waals surface area contributed by atoms with Crippen LogP contribution in [0.1, 0.15) is 31.2 Å². The number of nitrogens with zero attached hydrogens (tertiary/aromatic N) is 4. The number of likely N-dealkylation sites (tertiary alicyclic amines) is 1. The second-order valence-corrected chi connectivity index (χ2v) is 9.78. The van der Waals surface area contributed by atoms with Gasteiger partial charge in [-0.2, -0.15) is 0 Å². The number of hydrogen-bond acceptors (Lipinski definition) is 5. The highest BCUT2D eigenvalue weighted by Crippen LogP contribution is 2.44. The Morgan fingerprint density at radius 2 is 1.97 bits per heavy atom. The van der Waals surface area contributed by atoms with Gasteiger partial charge in [0.15, 0.2) is 0 Å². The maximum absolute atomic E-state index is 13.6. The number of aryl methyl sites for hydroxylation is 1. The molecule has 33 heavy (non-hydrogen) atoms. The first-order valence-corrected chi connectivity index (χ1v) is 12.0. The third-order valence-corrected chi connectivity index (χ3v) is 7.28. The minimum absolute atomic E-state index is 0.0197. The normalized spacial score (nSPS) is 24.7. The summed E-state index contributed by atoms with van der Waals surface area (Å²) in [5.41, 5.74) is 1.36. The Morgan fingerprint density at radius 3 is 2.73 bits per heavy atom. The summed E-state index contributed by atoms with van der Waals surface area (Å²) in [5.74, 6) is 1.42. The first kappa shape index (κ1) is 21.7. The molecule has 0 radical (unpaired) electrons. The van der Waals surface area contributed by atoms with Gasteiger partial charge in [0.25, 0.3) is 0 Å². The van der Waals surface area contributed by atoms with Crippen LogP contribution in [0, 0.1) is 24.2 Å². The third kappa shape index (κ3) is 4.65. The second-order valence-electron chi connectivity index (χ2n) is 9.78. The second kappa shape index (κ2) is 9.00. The van der Waals surface area contributed by atoms with Crippen molar-refractivity contribution < 1.29 is 9.59 Å². The van der Waals surface area contributed by atoms with Crippen molar-refractivity contribution in [1.82, 2.24) is 20.2 Å². The number of carbonyl (C=O) groups excluding carboxylic acids is 2. The third-order valence-electron chi connectivity index (χ3n) is 7.28. The number of anilines is 2. The van der Waals surface area contributed by atoms with Crippen molar-refractivity contribution in [2.24, 2.45) is 17.3 Å². The van der Waals surface area contributed by atoms with Gasteiger partial charge >= 0.3 is 6.03 Å². The zero-order chi connectivity index (χ0) is 22.8. The molecule has 5 rings (SSSR count). The molecule has 3 heterocycles. The van der Waals surface area contributed by atoms with Gasteiger partial charge in [-0.3, -0.25) is 4.79 Å².